The van der Waals surface area contributed by atoms with E-state index in [2.05, 4.69) is 40.7 Å². The lowest BCUT2D eigenvalue weighted by Crippen LogP contribution is -2.35. The van der Waals surface area contributed by atoms with Gasteiger partial charge in [0, 0.05) is 42.3 Å². The van der Waals surface area contributed by atoms with Crippen LogP contribution in [0.4, 0.5) is 17.3 Å². The molecule has 6 rings (SSSR count). The number of nitrogens with zero attached hydrogens (tertiary/aromatic N) is 8. The quantitative estimate of drug-likeness (QED) is 0.207. The van der Waals surface area contributed by atoms with Crippen molar-refractivity contribution in [3.05, 3.63) is 49.3 Å². The normalized spacial score (nSPS) is 20.2. The molecule has 0 saturated heterocycles. The molecule has 3 N–H and O–H groups in total. The number of aromatic nitrogens is 7. The number of ether oxygens (including phenoxy) is 1. The number of hydrogen-bond acceptors (Lipinski definition) is 13. The molecule has 0 atom stereocenters. The van der Waals surface area contributed by atoms with Gasteiger partial charge in [-0.1, -0.05) is 0 Å². The first-order valence-corrected chi connectivity index (χ1v) is 16.5. The second kappa shape index (κ2) is 12.7. The number of likely N-dealkylation sites (N-methyl/N-ethyl adjacent to an activating group) is 1. The van der Waals surface area contributed by atoms with Gasteiger partial charge in [-0.3, -0.25) is 0 Å². The number of aliphatic hydroxyl groups is 1. The Morgan fingerprint density at radius 2 is 1.84 bits per heavy atom. The summed E-state index contributed by atoms with van der Waals surface area (Å²) in [5, 5.41) is 21.0. The zero-order valence-electron chi connectivity index (χ0n) is 25.6. The Balaban J connectivity index is 1.23. The Morgan fingerprint density at radius 1 is 1.04 bits per heavy atom. The van der Waals surface area contributed by atoms with E-state index < -0.39 is 15.6 Å². The molecule has 45 heavy (non-hydrogen) atoms. The third kappa shape index (κ3) is 7.54. The van der Waals surface area contributed by atoms with Crippen LogP contribution in [0.15, 0.2) is 49.3 Å². The lowest BCUT2D eigenvalue weighted by atomic mass is 9.83. The van der Waals surface area contributed by atoms with Crippen LogP contribution in [-0.2, 0) is 10.0 Å². The average molecular weight is 635 g/mol. The summed E-state index contributed by atoms with van der Waals surface area (Å²) in [5.41, 5.74) is 2.08. The molecule has 238 valence electrons. The van der Waals surface area contributed by atoms with E-state index in [9.17, 15) is 13.5 Å². The van der Waals surface area contributed by atoms with Crippen LogP contribution in [0.25, 0.3) is 22.6 Å². The number of anilines is 3. The van der Waals surface area contributed by atoms with Gasteiger partial charge in [-0.2, -0.15) is 9.19 Å². The molecule has 4 heterocycles. The van der Waals surface area contributed by atoms with Crippen molar-refractivity contribution in [2.24, 2.45) is 0 Å². The van der Waals surface area contributed by atoms with E-state index in [1.54, 1.807) is 30.9 Å². The number of hydrogen-bond donors (Lipinski definition) is 3. The maximum atomic E-state index is 12.6. The molecular formula is C30H38N10O4S. The van der Waals surface area contributed by atoms with Gasteiger partial charge in [0.05, 0.1) is 46.9 Å². The molecule has 0 amide bonds. The van der Waals surface area contributed by atoms with Crippen molar-refractivity contribution >= 4 is 27.3 Å². The summed E-state index contributed by atoms with van der Waals surface area (Å²) in [6.45, 7) is 3.16. The third-order valence-corrected chi connectivity index (χ3v) is 9.99. The fourth-order valence-corrected chi connectivity index (χ4v) is 6.57. The van der Waals surface area contributed by atoms with Crippen LogP contribution < -0.4 is 15.4 Å². The summed E-state index contributed by atoms with van der Waals surface area (Å²) in [5.74, 6) is 1.81. The monoisotopic (exact) mass is 634 g/mol. The zero-order valence-corrected chi connectivity index (χ0v) is 26.4. The van der Waals surface area contributed by atoms with Crippen molar-refractivity contribution in [3.8, 4) is 28.5 Å². The Morgan fingerprint density at radius 3 is 2.56 bits per heavy atom. The number of nitrogens with one attached hydrogen (secondary N) is 2. The minimum absolute atomic E-state index is 0.162. The fraction of sp³-hybridized carbons (Fsp3) is 0.467. The third-order valence-electron chi connectivity index (χ3n) is 7.96. The van der Waals surface area contributed by atoms with Gasteiger partial charge >= 0.3 is 0 Å². The van der Waals surface area contributed by atoms with Crippen molar-refractivity contribution < 1.29 is 18.3 Å². The Labute approximate surface area is 262 Å². The molecular weight excluding hydrogens is 596 g/mol. The average Bonchev–Trinajstić information content (AvgIpc) is 3.76. The Bertz CT molecular complexity index is 1730. The molecule has 0 unspecified atom stereocenters. The highest BCUT2D eigenvalue weighted by Gasteiger charge is 2.37. The van der Waals surface area contributed by atoms with E-state index in [4.69, 9.17) is 4.74 Å². The Hall–Kier alpha value is -4.21. The van der Waals surface area contributed by atoms with Crippen LogP contribution in [0.1, 0.15) is 45.4 Å². The smallest absolute Gasteiger partial charge is 0.256 e. The first-order valence-electron chi connectivity index (χ1n) is 15.0. The summed E-state index contributed by atoms with van der Waals surface area (Å²) in [6, 6.07) is 3.77. The van der Waals surface area contributed by atoms with Gasteiger partial charge < -0.3 is 25.4 Å². The lowest BCUT2D eigenvalue weighted by molar-refractivity contribution is 0.0196. The van der Waals surface area contributed by atoms with Gasteiger partial charge in [-0.05, 0) is 65.6 Å². The van der Waals surface area contributed by atoms with Crippen LogP contribution in [0, 0.1) is 0 Å². The summed E-state index contributed by atoms with van der Waals surface area (Å²) >= 11 is 0. The molecule has 0 spiro atoms. The highest BCUT2D eigenvalue weighted by molar-refractivity contribution is 7.90. The number of pyridine rings is 1. The van der Waals surface area contributed by atoms with Gasteiger partial charge in [-0.15, -0.1) is 0 Å². The van der Waals surface area contributed by atoms with Gasteiger partial charge in [0.25, 0.3) is 10.0 Å². The predicted octanol–water partition coefficient (Wildman–Crippen LogP) is 3.32. The van der Waals surface area contributed by atoms with Crippen LogP contribution in [0.2, 0.25) is 0 Å². The molecule has 2 aliphatic carbocycles. The topological polar surface area (TPSA) is 173 Å². The molecule has 0 radical (unpaired) electrons. The molecule has 15 heteroatoms. The highest BCUT2D eigenvalue weighted by Crippen LogP contribution is 2.34. The second-order valence-corrected chi connectivity index (χ2v) is 14.2. The van der Waals surface area contributed by atoms with Crippen molar-refractivity contribution in [3.63, 3.8) is 0 Å². The van der Waals surface area contributed by atoms with E-state index in [1.807, 2.05) is 32.0 Å². The molecule has 0 aliphatic heterocycles. The van der Waals surface area contributed by atoms with Crippen molar-refractivity contribution in [2.75, 3.05) is 37.9 Å². The molecule has 14 nitrogen and oxygen atoms in total. The second-order valence-electron chi connectivity index (χ2n) is 12.2. The molecule has 2 saturated carbocycles. The number of rotatable bonds is 12. The van der Waals surface area contributed by atoms with Crippen LogP contribution in [-0.4, -0.2) is 96.7 Å². The molecule has 2 fully saturated rings. The van der Waals surface area contributed by atoms with Crippen LogP contribution in [0.5, 0.6) is 5.88 Å². The summed E-state index contributed by atoms with van der Waals surface area (Å²) < 4.78 is 31.9. The fourth-order valence-electron chi connectivity index (χ4n) is 5.09. The van der Waals surface area contributed by atoms with Crippen molar-refractivity contribution in [1.82, 2.24) is 39.0 Å². The SMILES string of the molecule is CN(C)CCOc1cnc(-c2cnc(Nc3ccnc(-c4cnn(S(=O)(=O)C5CC5)c4)n3)cc2NC2CCC(C)(O)CC2)cn1. The lowest BCUT2D eigenvalue weighted by Gasteiger charge is -2.34. The van der Waals surface area contributed by atoms with Gasteiger partial charge in [0.1, 0.15) is 18.2 Å². The maximum absolute atomic E-state index is 12.6. The van der Waals surface area contributed by atoms with E-state index in [0.29, 0.717) is 66.9 Å². The van der Waals surface area contributed by atoms with E-state index in [1.165, 1.54) is 12.4 Å². The highest BCUT2D eigenvalue weighted by atomic mass is 32.2. The molecule has 0 bridgehead atoms. The first-order chi connectivity index (χ1) is 21.6. The maximum Gasteiger partial charge on any atom is 0.256 e. The van der Waals surface area contributed by atoms with Crippen molar-refractivity contribution in [2.45, 2.75) is 62.3 Å². The van der Waals surface area contributed by atoms with Gasteiger partial charge in [-0.25, -0.2) is 33.3 Å². The van der Waals surface area contributed by atoms with Crippen LogP contribution >= 0.6 is 0 Å². The first kappa shape index (κ1) is 30.8. The summed E-state index contributed by atoms with van der Waals surface area (Å²) in [4.78, 5) is 24.6. The van der Waals surface area contributed by atoms with Crippen LogP contribution in [0.3, 0.4) is 0 Å². The largest absolute Gasteiger partial charge is 0.475 e. The van der Waals surface area contributed by atoms with Crippen molar-refractivity contribution in [1.29, 1.82) is 0 Å². The van der Waals surface area contributed by atoms with E-state index >= 15 is 0 Å². The summed E-state index contributed by atoms with van der Waals surface area (Å²) in [7, 11) is 0.475. The molecule has 4 aromatic heterocycles. The minimum Gasteiger partial charge on any atom is -0.475 e. The standard InChI is InChI=1S/C30H38N10O4S/c1-30(41)9-6-21(7-10-30)36-24-14-27(33-16-23(24)25-17-34-28(18-32-25)44-13-12-39(2)3)37-26-8-11-31-29(38-26)20-15-35-40(19-20)45(42,43)22-4-5-22/h8,11,14-19,21-22,41H,4-7,9-10,12-13H2,1-3H3,(H2,31,33,36,37,38). The predicted molar refractivity (Wildman–Crippen MR) is 170 cm³/mol. The summed E-state index contributed by atoms with van der Waals surface area (Å²) in [6.07, 6.45) is 13.9. The minimum atomic E-state index is -3.49. The Kier molecular flexibility index (Phi) is 8.66. The molecule has 4 aromatic rings. The van der Waals surface area contributed by atoms with E-state index in [-0.39, 0.29) is 11.3 Å². The molecule has 0 aromatic carbocycles. The molecule has 2 aliphatic rings. The van der Waals surface area contributed by atoms with E-state index in [0.717, 1.165) is 34.7 Å². The van der Waals surface area contributed by atoms with Gasteiger partial charge in [0.15, 0.2) is 5.82 Å². The zero-order chi connectivity index (χ0) is 31.6. The van der Waals surface area contributed by atoms with Gasteiger partial charge in [0.2, 0.25) is 5.88 Å².